The predicted octanol–water partition coefficient (Wildman–Crippen LogP) is 1.48. The molecular weight excluding hydrogens is 448 g/mol. The SMILES string of the molecule is C#C.C=C(/C=C\C1=C(C)NN(C)C1N)C(C)NC(=O)NC=O.COc1ccc2c(c1)C(=O)N(C)C2. The van der Waals surface area contributed by atoms with Gasteiger partial charge in [-0.1, -0.05) is 24.8 Å². The second-order valence-corrected chi connectivity index (χ2v) is 7.80. The third kappa shape index (κ3) is 7.74. The summed E-state index contributed by atoms with van der Waals surface area (Å²) in [6.07, 6.45) is 11.8. The molecule has 0 spiro atoms. The molecule has 0 saturated carbocycles. The van der Waals surface area contributed by atoms with E-state index in [0.29, 0.717) is 18.5 Å². The van der Waals surface area contributed by atoms with Gasteiger partial charge in [-0.3, -0.25) is 14.9 Å². The van der Waals surface area contributed by atoms with Gasteiger partial charge in [-0.25, -0.2) is 9.80 Å². The Kier molecular flexibility index (Phi) is 11.2. The fraction of sp³-hybridized carbons (Fsp3) is 0.320. The van der Waals surface area contributed by atoms with E-state index in [0.717, 1.165) is 28.1 Å². The Morgan fingerprint density at radius 1 is 1.37 bits per heavy atom. The lowest BCUT2D eigenvalue weighted by Gasteiger charge is -2.16. The number of ether oxygens (including phenoxy) is 1. The Labute approximate surface area is 206 Å². The number of likely N-dealkylation sites (N-methyl/N-ethyl adjacent to an activating group) is 1. The van der Waals surface area contributed by atoms with Gasteiger partial charge in [-0.2, -0.15) is 0 Å². The smallest absolute Gasteiger partial charge is 0.321 e. The molecule has 188 valence electrons. The maximum Gasteiger partial charge on any atom is 0.321 e. The lowest BCUT2D eigenvalue weighted by molar-refractivity contribution is -0.108. The molecule has 3 rings (SSSR count). The molecule has 0 radical (unpaired) electrons. The van der Waals surface area contributed by atoms with E-state index in [9.17, 15) is 14.4 Å². The van der Waals surface area contributed by atoms with Crippen LogP contribution in [-0.4, -0.2) is 61.7 Å². The number of carbonyl (C=O) groups is 3. The lowest BCUT2D eigenvalue weighted by Crippen LogP contribution is -2.41. The van der Waals surface area contributed by atoms with Crippen LogP contribution in [0.1, 0.15) is 29.8 Å². The number of terminal acetylenes is 1. The van der Waals surface area contributed by atoms with Gasteiger partial charge in [0.15, 0.2) is 0 Å². The number of nitrogens with one attached hydrogen (secondary N) is 3. The summed E-state index contributed by atoms with van der Waals surface area (Å²) in [4.78, 5) is 34.6. The van der Waals surface area contributed by atoms with Crippen molar-refractivity contribution in [3.63, 3.8) is 0 Å². The van der Waals surface area contributed by atoms with Crippen LogP contribution in [0.5, 0.6) is 5.75 Å². The van der Waals surface area contributed by atoms with Gasteiger partial charge in [0, 0.05) is 37.5 Å². The normalized spacial score (nSPS) is 17.3. The van der Waals surface area contributed by atoms with Crippen molar-refractivity contribution in [2.24, 2.45) is 5.73 Å². The molecular formula is C25H34N6O4. The van der Waals surface area contributed by atoms with Crippen LogP contribution < -0.4 is 26.5 Å². The quantitative estimate of drug-likeness (QED) is 0.275. The molecule has 4 amide bonds. The molecule has 0 saturated heterocycles. The van der Waals surface area contributed by atoms with E-state index in [2.05, 4.69) is 30.2 Å². The topological polar surface area (TPSA) is 129 Å². The van der Waals surface area contributed by atoms with E-state index < -0.39 is 6.03 Å². The number of imide groups is 1. The highest BCUT2D eigenvalue weighted by Crippen LogP contribution is 2.25. The van der Waals surface area contributed by atoms with Gasteiger partial charge in [0.2, 0.25) is 6.41 Å². The molecule has 5 N–H and O–H groups in total. The van der Waals surface area contributed by atoms with E-state index in [1.165, 1.54) is 0 Å². The van der Waals surface area contributed by atoms with E-state index in [1.807, 2.05) is 37.5 Å². The zero-order valence-corrected chi connectivity index (χ0v) is 20.8. The summed E-state index contributed by atoms with van der Waals surface area (Å²) in [6.45, 7) is 8.30. The molecule has 2 heterocycles. The van der Waals surface area contributed by atoms with Gasteiger partial charge in [0.1, 0.15) is 11.9 Å². The van der Waals surface area contributed by atoms with Crippen LogP contribution in [0.3, 0.4) is 0 Å². The number of hydrogen-bond acceptors (Lipinski definition) is 7. The van der Waals surface area contributed by atoms with Crippen LogP contribution in [0.15, 0.2) is 53.8 Å². The van der Waals surface area contributed by atoms with Crippen LogP contribution >= 0.6 is 0 Å². The van der Waals surface area contributed by atoms with E-state index in [-0.39, 0.29) is 18.1 Å². The van der Waals surface area contributed by atoms with Crippen LogP contribution in [0.2, 0.25) is 0 Å². The van der Waals surface area contributed by atoms with Crippen molar-refractivity contribution < 1.29 is 19.1 Å². The first-order valence-electron chi connectivity index (χ1n) is 10.7. The molecule has 1 aromatic carbocycles. The maximum absolute atomic E-state index is 11.5. The summed E-state index contributed by atoms with van der Waals surface area (Å²) in [7, 11) is 5.26. The number of methoxy groups -OCH3 is 1. The molecule has 1 aromatic rings. The molecule has 10 heteroatoms. The zero-order valence-electron chi connectivity index (χ0n) is 20.8. The first-order valence-corrected chi connectivity index (χ1v) is 10.7. The second kappa shape index (κ2) is 13.6. The summed E-state index contributed by atoms with van der Waals surface area (Å²) >= 11 is 0. The molecule has 0 bridgehead atoms. The monoisotopic (exact) mass is 482 g/mol. The van der Waals surface area contributed by atoms with E-state index >= 15 is 0 Å². The minimum Gasteiger partial charge on any atom is -0.497 e. The Balaban J connectivity index is 0.000000350. The largest absolute Gasteiger partial charge is 0.497 e. The number of amides is 4. The average molecular weight is 483 g/mol. The molecule has 0 fully saturated rings. The summed E-state index contributed by atoms with van der Waals surface area (Å²) in [5, 5.41) is 6.39. The Bertz CT molecular complexity index is 1030. The maximum atomic E-state index is 11.5. The third-order valence-electron chi connectivity index (χ3n) is 5.39. The fourth-order valence-electron chi connectivity index (χ4n) is 3.33. The molecule has 35 heavy (non-hydrogen) atoms. The highest BCUT2D eigenvalue weighted by Gasteiger charge is 2.24. The standard InChI is InChI=1S/C13H21N5O2.C10H11NO2.C2H2/c1-8(9(2)16-13(20)15-7-19)5-6-11-10(3)17-18(4)12(11)14;1-11-6-7-3-4-8(13-2)5-9(7)10(11)12;1-2/h5-7,9,12,17H,1,14H2,2-4H3,(H2,15,16,19,20);3-5H,6H2,1-2H3;1-2H/b6-5-;;. The van der Waals surface area contributed by atoms with Crippen molar-refractivity contribution >= 4 is 18.3 Å². The molecule has 2 unspecified atom stereocenters. The minimum absolute atomic E-state index is 0.0777. The number of hydrazine groups is 1. The molecule has 10 nitrogen and oxygen atoms in total. The second-order valence-electron chi connectivity index (χ2n) is 7.80. The minimum atomic E-state index is -0.559. The summed E-state index contributed by atoms with van der Waals surface area (Å²) in [6, 6.07) is 4.76. The van der Waals surface area contributed by atoms with Crippen LogP contribution in [-0.2, 0) is 11.3 Å². The Morgan fingerprint density at radius 3 is 2.57 bits per heavy atom. The Morgan fingerprint density at radius 2 is 2.03 bits per heavy atom. The summed E-state index contributed by atoms with van der Waals surface area (Å²) < 4.78 is 5.05. The molecule has 2 aliphatic heterocycles. The number of fused-ring (bicyclic) bond motifs is 1. The van der Waals surface area contributed by atoms with Crippen LogP contribution in [0, 0.1) is 12.8 Å². The summed E-state index contributed by atoms with van der Waals surface area (Å²) in [5.74, 6) is 0.816. The van der Waals surface area contributed by atoms with Crippen molar-refractivity contribution in [2.45, 2.75) is 32.6 Å². The van der Waals surface area contributed by atoms with Crippen molar-refractivity contribution in [2.75, 3.05) is 21.2 Å². The first kappa shape index (κ1) is 29.0. The lowest BCUT2D eigenvalue weighted by atomic mass is 10.1. The summed E-state index contributed by atoms with van der Waals surface area (Å²) in [5.41, 5.74) is 13.6. The number of allylic oxidation sites excluding steroid dienone is 1. The van der Waals surface area contributed by atoms with Crippen molar-refractivity contribution in [3.8, 4) is 18.6 Å². The number of urea groups is 1. The van der Waals surface area contributed by atoms with Crippen molar-refractivity contribution in [1.82, 2.24) is 26.0 Å². The average Bonchev–Trinajstić information content (AvgIpc) is 3.26. The Hall–Kier alpha value is -4.07. The van der Waals surface area contributed by atoms with Gasteiger partial charge in [0.05, 0.1) is 13.2 Å². The van der Waals surface area contributed by atoms with Crippen LogP contribution in [0.4, 0.5) is 4.79 Å². The predicted molar refractivity (Wildman–Crippen MR) is 136 cm³/mol. The number of rotatable bonds is 6. The first-order chi connectivity index (χ1) is 16.6. The highest BCUT2D eigenvalue weighted by atomic mass is 16.5. The van der Waals surface area contributed by atoms with Crippen LogP contribution in [0.25, 0.3) is 0 Å². The number of benzene rings is 1. The van der Waals surface area contributed by atoms with Gasteiger partial charge < -0.3 is 26.1 Å². The molecule has 0 aromatic heterocycles. The number of hydrogen-bond donors (Lipinski definition) is 4. The molecule has 2 aliphatic rings. The zero-order chi connectivity index (χ0) is 26.7. The van der Waals surface area contributed by atoms with Crippen molar-refractivity contribution in [1.29, 1.82) is 0 Å². The number of nitrogens with zero attached hydrogens (tertiary/aromatic N) is 2. The van der Waals surface area contributed by atoms with E-state index in [1.54, 1.807) is 43.1 Å². The van der Waals surface area contributed by atoms with Crippen molar-refractivity contribution in [3.05, 3.63) is 64.9 Å². The van der Waals surface area contributed by atoms with Gasteiger partial charge in [-0.15, -0.1) is 12.8 Å². The molecule has 2 atom stereocenters. The highest BCUT2D eigenvalue weighted by molar-refractivity contribution is 5.98. The third-order valence-corrected chi connectivity index (χ3v) is 5.39. The number of nitrogens with two attached hydrogens (primary N) is 1. The fourth-order valence-corrected chi connectivity index (χ4v) is 3.33. The van der Waals surface area contributed by atoms with Gasteiger partial charge in [0.25, 0.3) is 5.91 Å². The van der Waals surface area contributed by atoms with E-state index in [4.69, 9.17) is 10.5 Å². The molecule has 0 aliphatic carbocycles. The number of carbonyl (C=O) groups excluding carboxylic acids is 3. The van der Waals surface area contributed by atoms with Gasteiger partial charge in [-0.05, 0) is 37.1 Å². The van der Waals surface area contributed by atoms with Gasteiger partial charge >= 0.3 is 6.03 Å².